The van der Waals surface area contributed by atoms with Gasteiger partial charge in [-0.25, -0.2) is 0 Å². The van der Waals surface area contributed by atoms with Crippen molar-refractivity contribution in [3.8, 4) is 11.5 Å². The van der Waals surface area contributed by atoms with Gasteiger partial charge in [0.25, 0.3) is 5.91 Å². The van der Waals surface area contributed by atoms with Gasteiger partial charge in [-0.2, -0.15) is 0 Å². The molecular weight excluding hydrogens is 588 g/mol. The SMILES string of the molecule is COC(=O)CCN(CCC(=O)OC)C(=O)c1ccc(C2=C3C=CC(O)C=C3Oc3cc(N(C)c4ccc(O)cc4)ccc32)c(C)c1. The molecule has 0 bridgehead atoms. The number of phenols is 1. The van der Waals surface area contributed by atoms with Gasteiger partial charge in [0, 0.05) is 59.9 Å². The van der Waals surface area contributed by atoms with Crippen LogP contribution in [0, 0.1) is 6.92 Å². The number of benzene rings is 3. The van der Waals surface area contributed by atoms with Crippen molar-refractivity contribution in [2.24, 2.45) is 0 Å². The summed E-state index contributed by atoms with van der Waals surface area (Å²) in [7, 11) is 4.49. The number of carbonyl (C=O) groups excluding carboxylic acids is 3. The van der Waals surface area contributed by atoms with E-state index in [1.807, 2.05) is 61.3 Å². The molecule has 0 saturated carbocycles. The van der Waals surface area contributed by atoms with Crippen LogP contribution in [0.2, 0.25) is 0 Å². The zero-order chi connectivity index (χ0) is 33.0. The topological polar surface area (TPSA) is 126 Å². The summed E-state index contributed by atoms with van der Waals surface area (Å²) in [5.74, 6) is 0.0741. The molecule has 46 heavy (non-hydrogen) atoms. The average Bonchev–Trinajstić information content (AvgIpc) is 3.06. The van der Waals surface area contributed by atoms with Gasteiger partial charge in [0.15, 0.2) is 0 Å². The predicted octanol–water partition coefficient (Wildman–Crippen LogP) is 5.05. The van der Waals surface area contributed by atoms with Crippen LogP contribution in [0.25, 0.3) is 5.57 Å². The minimum atomic E-state index is -0.800. The second kappa shape index (κ2) is 13.7. The Morgan fingerprint density at radius 3 is 2.13 bits per heavy atom. The molecule has 1 amide bonds. The lowest BCUT2D eigenvalue weighted by Crippen LogP contribution is -2.35. The molecule has 0 saturated heterocycles. The molecule has 0 spiro atoms. The average molecular weight is 625 g/mol. The number of hydrogen-bond acceptors (Lipinski definition) is 9. The van der Waals surface area contributed by atoms with Gasteiger partial charge in [0.2, 0.25) is 0 Å². The Hall–Kier alpha value is -5.35. The molecule has 1 aliphatic heterocycles. The third-order valence-corrected chi connectivity index (χ3v) is 8.05. The van der Waals surface area contributed by atoms with Crippen LogP contribution in [0.4, 0.5) is 11.4 Å². The largest absolute Gasteiger partial charge is 0.508 e. The Morgan fingerprint density at radius 2 is 1.50 bits per heavy atom. The maximum Gasteiger partial charge on any atom is 0.307 e. The van der Waals surface area contributed by atoms with Crippen LogP contribution in [-0.2, 0) is 19.1 Å². The predicted molar refractivity (Wildman–Crippen MR) is 173 cm³/mol. The molecule has 0 aromatic heterocycles. The number of esters is 2. The Balaban J connectivity index is 1.51. The number of ether oxygens (including phenoxy) is 3. The summed E-state index contributed by atoms with van der Waals surface area (Å²) in [6, 6.07) is 18.2. The van der Waals surface area contributed by atoms with Gasteiger partial charge in [-0.15, -0.1) is 0 Å². The number of hydrogen-bond donors (Lipinski definition) is 2. The van der Waals surface area contributed by atoms with E-state index in [-0.39, 0.29) is 37.6 Å². The number of nitrogens with zero attached hydrogens (tertiary/aromatic N) is 2. The first-order chi connectivity index (χ1) is 22.1. The Morgan fingerprint density at radius 1 is 0.870 bits per heavy atom. The summed E-state index contributed by atoms with van der Waals surface area (Å²) in [5, 5.41) is 20.1. The minimum Gasteiger partial charge on any atom is -0.508 e. The fraction of sp³-hybridized carbons (Fsp3) is 0.250. The Kier molecular flexibility index (Phi) is 9.58. The number of aliphatic hydroxyl groups excluding tert-OH is 1. The van der Waals surface area contributed by atoms with Crippen LogP contribution in [0.15, 0.2) is 90.2 Å². The van der Waals surface area contributed by atoms with E-state index in [2.05, 4.69) is 0 Å². The molecule has 2 aliphatic rings. The minimum absolute atomic E-state index is 0.00920. The van der Waals surface area contributed by atoms with E-state index < -0.39 is 18.0 Å². The Bertz CT molecular complexity index is 1740. The third kappa shape index (κ3) is 6.82. The number of methoxy groups -OCH3 is 2. The first-order valence-corrected chi connectivity index (χ1v) is 14.8. The summed E-state index contributed by atoms with van der Waals surface area (Å²) < 4.78 is 15.8. The smallest absolute Gasteiger partial charge is 0.307 e. The highest BCUT2D eigenvalue weighted by Gasteiger charge is 2.29. The van der Waals surface area contributed by atoms with E-state index in [0.717, 1.165) is 39.2 Å². The Labute approximate surface area is 267 Å². The van der Waals surface area contributed by atoms with Crippen molar-refractivity contribution in [1.29, 1.82) is 0 Å². The fourth-order valence-corrected chi connectivity index (χ4v) is 5.49. The standard InChI is InChI=1S/C36H36N2O8/c1-22-19-23(36(43)38(17-15-33(41)44-3)18-16-34(42)45-4)5-12-28(22)35-29-13-8-25(37(2)24-6-9-26(39)10-7-24)20-31(29)46-32-21-27(40)11-14-30(32)35/h5-14,19-21,27,39-40H,15-18H2,1-4H3. The quantitative estimate of drug-likeness (QED) is 0.298. The summed E-state index contributed by atoms with van der Waals surface area (Å²) in [5.41, 5.74) is 6.38. The van der Waals surface area contributed by atoms with Crippen LogP contribution < -0.4 is 9.64 Å². The molecule has 10 nitrogen and oxygen atoms in total. The monoisotopic (exact) mass is 624 g/mol. The number of aryl methyl sites for hydroxylation is 1. The fourth-order valence-electron chi connectivity index (χ4n) is 5.49. The van der Waals surface area contributed by atoms with Gasteiger partial charge in [0.1, 0.15) is 17.3 Å². The highest BCUT2D eigenvalue weighted by molar-refractivity contribution is 5.97. The number of aliphatic hydroxyl groups is 1. The molecule has 1 heterocycles. The maximum atomic E-state index is 13.6. The number of amides is 1. The molecule has 3 aromatic rings. The molecule has 3 aromatic carbocycles. The molecular formula is C36H36N2O8. The van der Waals surface area contributed by atoms with E-state index in [1.54, 1.807) is 36.4 Å². The van der Waals surface area contributed by atoms with E-state index in [0.29, 0.717) is 17.1 Å². The van der Waals surface area contributed by atoms with Crippen molar-refractivity contribution in [2.45, 2.75) is 25.9 Å². The molecule has 1 aliphatic carbocycles. The maximum absolute atomic E-state index is 13.6. The summed E-state index contributed by atoms with van der Waals surface area (Å²) in [4.78, 5) is 40.7. The zero-order valence-electron chi connectivity index (χ0n) is 26.1. The van der Waals surface area contributed by atoms with Crippen LogP contribution in [-0.4, -0.2) is 73.4 Å². The molecule has 5 rings (SSSR count). The van der Waals surface area contributed by atoms with E-state index >= 15 is 0 Å². The second-order valence-electron chi connectivity index (χ2n) is 11.0. The van der Waals surface area contributed by atoms with Crippen LogP contribution in [0.3, 0.4) is 0 Å². The van der Waals surface area contributed by atoms with Gasteiger partial charge in [-0.05, 0) is 72.7 Å². The van der Waals surface area contributed by atoms with Crippen molar-refractivity contribution < 1.29 is 38.8 Å². The number of anilines is 2. The summed E-state index contributed by atoms with van der Waals surface area (Å²) >= 11 is 0. The van der Waals surface area contributed by atoms with Crippen LogP contribution in [0.5, 0.6) is 11.5 Å². The first kappa shape index (κ1) is 32.1. The van der Waals surface area contributed by atoms with Crippen LogP contribution >= 0.6 is 0 Å². The highest BCUT2D eigenvalue weighted by Crippen LogP contribution is 2.45. The summed E-state index contributed by atoms with van der Waals surface area (Å²) in [6.45, 7) is 2.09. The second-order valence-corrected chi connectivity index (χ2v) is 11.0. The van der Waals surface area contributed by atoms with E-state index in [1.165, 1.54) is 19.1 Å². The molecule has 1 unspecified atom stereocenters. The van der Waals surface area contributed by atoms with Gasteiger partial charge < -0.3 is 34.2 Å². The van der Waals surface area contributed by atoms with E-state index in [9.17, 15) is 24.6 Å². The lowest BCUT2D eigenvalue weighted by Gasteiger charge is -2.30. The van der Waals surface area contributed by atoms with Gasteiger partial charge >= 0.3 is 11.9 Å². The van der Waals surface area contributed by atoms with Gasteiger partial charge in [0.05, 0.1) is 33.2 Å². The van der Waals surface area contributed by atoms with Crippen molar-refractivity contribution >= 4 is 34.8 Å². The first-order valence-electron chi connectivity index (χ1n) is 14.8. The number of phenolic OH excluding ortho intramolecular Hbond substituents is 1. The normalized spacial score (nSPS) is 14.8. The molecule has 10 heteroatoms. The number of rotatable bonds is 10. The zero-order valence-corrected chi connectivity index (χ0v) is 26.1. The number of allylic oxidation sites excluding steroid dienone is 1. The molecule has 1 atom stereocenters. The number of carbonyl (C=O) groups is 3. The molecule has 238 valence electrons. The summed E-state index contributed by atoms with van der Waals surface area (Å²) in [6.07, 6.45) is 4.37. The molecule has 0 fully saturated rings. The van der Waals surface area contributed by atoms with Crippen molar-refractivity contribution in [3.63, 3.8) is 0 Å². The number of aromatic hydroxyl groups is 1. The lowest BCUT2D eigenvalue weighted by molar-refractivity contribution is -0.140. The molecule has 2 N–H and O–H groups in total. The van der Waals surface area contributed by atoms with Gasteiger partial charge in [-0.3, -0.25) is 14.4 Å². The van der Waals surface area contributed by atoms with Crippen LogP contribution in [0.1, 0.15) is 39.9 Å². The van der Waals surface area contributed by atoms with Crippen molar-refractivity contribution in [3.05, 3.63) is 112 Å². The van der Waals surface area contributed by atoms with Gasteiger partial charge in [-0.1, -0.05) is 18.2 Å². The third-order valence-electron chi connectivity index (χ3n) is 8.05. The lowest BCUT2D eigenvalue weighted by atomic mass is 9.85. The van der Waals surface area contributed by atoms with E-state index in [4.69, 9.17) is 14.2 Å². The number of fused-ring (bicyclic) bond motifs is 2. The van der Waals surface area contributed by atoms with Crippen molar-refractivity contribution in [1.82, 2.24) is 4.90 Å². The highest BCUT2D eigenvalue weighted by atomic mass is 16.5. The molecule has 0 radical (unpaired) electrons. The van der Waals surface area contributed by atoms with Crippen molar-refractivity contribution in [2.75, 3.05) is 39.3 Å².